The molecule has 1 amide bonds. The second kappa shape index (κ2) is 7.96. The SMILES string of the molecule is CCn1ccnc1[C@@H]1CCCN(C(=O)COCC(F)(F)C(F)F)C1. The van der Waals surface area contributed by atoms with Gasteiger partial charge in [0.05, 0.1) is 0 Å². The summed E-state index contributed by atoms with van der Waals surface area (Å²) < 4.78 is 56.1. The van der Waals surface area contributed by atoms with E-state index in [9.17, 15) is 22.4 Å². The second-order valence-electron chi connectivity index (χ2n) is 5.80. The number of aromatic nitrogens is 2. The van der Waals surface area contributed by atoms with Gasteiger partial charge >= 0.3 is 12.3 Å². The molecule has 0 spiro atoms. The predicted octanol–water partition coefficient (Wildman–Crippen LogP) is 2.53. The highest BCUT2D eigenvalue weighted by Gasteiger charge is 2.41. The van der Waals surface area contributed by atoms with Gasteiger partial charge in [-0.05, 0) is 19.8 Å². The van der Waals surface area contributed by atoms with Crippen molar-refractivity contribution in [1.29, 1.82) is 0 Å². The number of alkyl halides is 4. The van der Waals surface area contributed by atoms with Crippen molar-refractivity contribution in [2.75, 3.05) is 26.3 Å². The maximum Gasteiger partial charge on any atom is 0.330 e. The molecule has 0 bridgehead atoms. The van der Waals surface area contributed by atoms with Crippen molar-refractivity contribution >= 4 is 5.91 Å². The molecule has 0 saturated carbocycles. The van der Waals surface area contributed by atoms with Crippen LogP contribution in [-0.4, -0.2) is 59.0 Å². The van der Waals surface area contributed by atoms with Crippen LogP contribution in [0.2, 0.25) is 0 Å². The van der Waals surface area contributed by atoms with Crippen LogP contribution in [0.4, 0.5) is 17.6 Å². The Labute approximate surface area is 137 Å². The van der Waals surface area contributed by atoms with Gasteiger partial charge in [-0.3, -0.25) is 4.79 Å². The van der Waals surface area contributed by atoms with Crippen LogP contribution >= 0.6 is 0 Å². The fourth-order valence-electron chi connectivity index (χ4n) is 2.79. The summed E-state index contributed by atoms with van der Waals surface area (Å²) >= 11 is 0. The van der Waals surface area contributed by atoms with Gasteiger partial charge in [-0.15, -0.1) is 0 Å². The first-order valence-corrected chi connectivity index (χ1v) is 7.87. The molecule has 5 nitrogen and oxygen atoms in total. The highest BCUT2D eigenvalue weighted by atomic mass is 19.3. The Morgan fingerprint density at radius 1 is 1.50 bits per heavy atom. The van der Waals surface area contributed by atoms with E-state index in [2.05, 4.69) is 9.72 Å². The molecule has 1 saturated heterocycles. The molecule has 2 rings (SSSR count). The first kappa shape index (κ1) is 18.7. The molecule has 9 heteroatoms. The zero-order valence-electron chi connectivity index (χ0n) is 13.4. The third kappa shape index (κ3) is 4.46. The van der Waals surface area contributed by atoms with Gasteiger partial charge in [-0.1, -0.05) is 0 Å². The molecule has 2 heterocycles. The van der Waals surface area contributed by atoms with Crippen molar-refractivity contribution in [3.63, 3.8) is 0 Å². The lowest BCUT2D eigenvalue weighted by atomic mass is 9.97. The van der Waals surface area contributed by atoms with Gasteiger partial charge in [-0.25, -0.2) is 13.8 Å². The average Bonchev–Trinajstić information content (AvgIpc) is 3.03. The highest BCUT2D eigenvalue weighted by Crippen LogP contribution is 2.26. The van der Waals surface area contributed by atoms with Gasteiger partial charge in [0, 0.05) is 37.9 Å². The molecule has 1 aromatic heterocycles. The number of rotatable bonds is 7. The fraction of sp³-hybridized carbons (Fsp3) is 0.733. The van der Waals surface area contributed by atoms with E-state index in [1.807, 2.05) is 17.7 Å². The number of carbonyl (C=O) groups excluding carboxylic acids is 1. The number of hydrogen-bond donors (Lipinski definition) is 0. The molecular formula is C15H21F4N3O2. The van der Waals surface area contributed by atoms with Gasteiger partial charge in [-0.2, -0.15) is 8.78 Å². The molecule has 0 N–H and O–H groups in total. The molecule has 1 aliphatic rings. The van der Waals surface area contributed by atoms with E-state index in [1.54, 1.807) is 6.20 Å². The van der Waals surface area contributed by atoms with Crippen molar-refractivity contribution in [2.45, 2.75) is 44.6 Å². The number of hydrogen-bond acceptors (Lipinski definition) is 3. The van der Waals surface area contributed by atoms with Crippen LogP contribution in [0.3, 0.4) is 0 Å². The number of nitrogens with zero attached hydrogens (tertiary/aromatic N) is 3. The molecule has 0 unspecified atom stereocenters. The Hall–Kier alpha value is -1.64. The first-order valence-electron chi connectivity index (χ1n) is 7.87. The molecule has 1 atom stereocenters. The molecule has 1 aromatic rings. The number of imidazole rings is 1. The van der Waals surface area contributed by atoms with Crippen LogP contribution in [0, 0.1) is 0 Å². The summed E-state index contributed by atoms with van der Waals surface area (Å²) in [6.07, 6.45) is 1.41. The maximum absolute atomic E-state index is 12.8. The Morgan fingerprint density at radius 3 is 2.92 bits per heavy atom. The van der Waals surface area contributed by atoms with E-state index >= 15 is 0 Å². The Morgan fingerprint density at radius 2 is 2.25 bits per heavy atom. The number of amides is 1. The van der Waals surface area contributed by atoms with Gasteiger partial charge in [0.2, 0.25) is 5.91 Å². The number of aryl methyl sites for hydroxylation is 1. The molecule has 24 heavy (non-hydrogen) atoms. The van der Waals surface area contributed by atoms with Gasteiger partial charge in [0.1, 0.15) is 19.0 Å². The summed E-state index contributed by atoms with van der Waals surface area (Å²) in [7, 11) is 0. The van der Waals surface area contributed by atoms with Gasteiger partial charge in [0.25, 0.3) is 0 Å². The number of carbonyl (C=O) groups is 1. The number of likely N-dealkylation sites (tertiary alicyclic amines) is 1. The predicted molar refractivity (Wildman–Crippen MR) is 78.2 cm³/mol. The molecule has 0 aromatic carbocycles. The normalized spacial score (nSPS) is 19.1. The zero-order chi connectivity index (χ0) is 17.7. The van der Waals surface area contributed by atoms with Gasteiger partial charge < -0.3 is 14.2 Å². The van der Waals surface area contributed by atoms with Crippen molar-refractivity contribution in [3.05, 3.63) is 18.2 Å². The quantitative estimate of drug-likeness (QED) is 0.710. The van der Waals surface area contributed by atoms with Crippen LogP contribution in [0.5, 0.6) is 0 Å². The zero-order valence-corrected chi connectivity index (χ0v) is 13.4. The lowest BCUT2D eigenvalue weighted by molar-refractivity contribution is -0.171. The van der Waals surface area contributed by atoms with Crippen LogP contribution in [-0.2, 0) is 16.1 Å². The summed E-state index contributed by atoms with van der Waals surface area (Å²) in [5.41, 5.74) is 0. The number of piperidine rings is 1. The van der Waals surface area contributed by atoms with Gasteiger partial charge in [0.15, 0.2) is 0 Å². The lowest BCUT2D eigenvalue weighted by Crippen LogP contribution is -2.42. The van der Waals surface area contributed by atoms with Crippen LogP contribution in [0.25, 0.3) is 0 Å². The van der Waals surface area contributed by atoms with E-state index < -0.39 is 31.5 Å². The minimum absolute atomic E-state index is 0.0696. The van der Waals surface area contributed by atoms with Crippen molar-refractivity contribution in [1.82, 2.24) is 14.5 Å². The third-order valence-electron chi connectivity index (χ3n) is 4.07. The summed E-state index contributed by atoms with van der Waals surface area (Å²) in [5.74, 6) is -3.75. The summed E-state index contributed by atoms with van der Waals surface area (Å²) in [5, 5.41) is 0. The maximum atomic E-state index is 12.8. The van der Waals surface area contributed by atoms with E-state index in [0.29, 0.717) is 13.1 Å². The summed E-state index contributed by atoms with van der Waals surface area (Å²) in [6, 6.07) is 0. The molecule has 0 aliphatic carbocycles. The molecule has 0 radical (unpaired) electrons. The van der Waals surface area contributed by atoms with E-state index in [-0.39, 0.29) is 5.92 Å². The standard InChI is InChI=1S/C15H21F4N3O2/c1-2-21-7-5-20-13(21)11-4-3-6-22(8-11)12(23)9-24-10-15(18,19)14(16)17/h5,7,11,14H,2-4,6,8-10H2,1H3/t11-/m1/s1. The summed E-state index contributed by atoms with van der Waals surface area (Å²) in [4.78, 5) is 17.9. The number of halogens is 4. The highest BCUT2D eigenvalue weighted by molar-refractivity contribution is 5.77. The number of ether oxygens (including phenoxy) is 1. The van der Waals surface area contributed by atoms with Crippen molar-refractivity contribution in [2.24, 2.45) is 0 Å². The lowest BCUT2D eigenvalue weighted by Gasteiger charge is -2.32. The van der Waals surface area contributed by atoms with E-state index in [0.717, 1.165) is 25.2 Å². The van der Waals surface area contributed by atoms with Crippen molar-refractivity contribution < 1.29 is 27.1 Å². The summed E-state index contributed by atoms with van der Waals surface area (Å²) in [6.45, 7) is 1.59. The Balaban J connectivity index is 1.87. The minimum atomic E-state index is -4.24. The fourth-order valence-corrected chi connectivity index (χ4v) is 2.79. The van der Waals surface area contributed by atoms with Crippen LogP contribution in [0.15, 0.2) is 12.4 Å². The van der Waals surface area contributed by atoms with Crippen molar-refractivity contribution in [3.8, 4) is 0 Å². The average molecular weight is 351 g/mol. The van der Waals surface area contributed by atoms with E-state index in [1.165, 1.54) is 4.90 Å². The first-order chi connectivity index (χ1) is 11.3. The molecule has 1 aliphatic heterocycles. The Kier molecular flexibility index (Phi) is 6.20. The molecular weight excluding hydrogens is 330 g/mol. The largest absolute Gasteiger partial charge is 0.365 e. The van der Waals surface area contributed by atoms with Crippen LogP contribution in [0.1, 0.15) is 31.5 Å². The smallest absolute Gasteiger partial charge is 0.330 e. The Bertz CT molecular complexity index is 551. The second-order valence-corrected chi connectivity index (χ2v) is 5.80. The minimum Gasteiger partial charge on any atom is -0.365 e. The van der Waals surface area contributed by atoms with E-state index in [4.69, 9.17) is 0 Å². The van der Waals surface area contributed by atoms with Crippen LogP contribution < -0.4 is 0 Å². The third-order valence-corrected chi connectivity index (χ3v) is 4.07. The topological polar surface area (TPSA) is 47.4 Å². The molecule has 136 valence electrons. The monoisotopic (exact) mass is 351 g/mol. The molecule has 1 fully saturated rings.